The summed E-state index contributed by atoms with van der Waals surface area (Å²) in [6, 6.07) is 5.54. The Labute approximate surface area is 108 Å². The van der Waals surface area contributed by atoms with Crippen LogP contribution in [0.4, 0.5) is 5.69 Å². The Morgan fingerprint density at radius 2 is 2.28 bits per heavy atom. The number of rotatable bonds is 4. The number of nitrogens with two attached hydrogens (primary N) is 1. The van der Waals surface area contributed by atoms with E-state index < -0.39 is 0 Å². The molecule has 0 radical (unpaired) electrons. The van der Waals surface area contributed by atoms with Crippen LogP contribution in [0.5, 0.6) is 5.75 Å². The minimum absolute atomic E-state index is 0.228. The van der Waals surface area contributed by atoms with E-state index in [4.69, 9.17) is 10.5 Å². The molecule has 0 bridgehead atoms. The van der Waals surface area contributed by atoms with Crippen molar-refractivity contribution in [3.8, 4) is 5.75 Å². The van der Waals surface area contributed by atoms with Gasteiger partial charge in [0.05, 0.1) is 7.11 Å². The number of methoxy groups -OCH3 is 1. The zero-order valence-corrected chi connectivity index (χ0v) is 11.0. The molecule has 1 atom stereocenters. The van der Waals surface area contributed by atoms with E-state index in [9.17, 15) is 4.79 Å². The number of nitrogen functional groups attached to an aromatic ring is 1. The maximum Gasteiger partial charge on any atom is 0.223 e. The second-order valence-corrected chi connectivity index (χ2v) is 4.82. The van der Waals surface area contributed by atoms with Crippen LogP contribution < -0.4 is 10.5 Å². The van der Waals surface area contributed by atoms with Crippen LogP contribution in [0.15, 0.2) is 18.2 Å². The van der Waals surface area contributed by atoms with Gasteiger partial charge in [-0.25, -0.2) is 0 Å². The minimum Gasteiger partial charge on any atom is -0.496 e. The molecule has 1 aromatic carbocycles. The largest absolute Gasteiger partial charge is 0.496 e. The lowest BCUT2D eigenvalue weighted by Gasteiger charge is -2.18. The highest BCUT2D eigenvalue weighted by Gasteiger charge is 2.28. The van der Waals surface area contributed by atoms with Gasteiger partial charge in [-0.3, -0.25) is 4.79 Å². The van der Waals surface area contributed by atoms with E-state index in [2.05, 4.69) is 6.92 Å². The van der Waals surface area contributed by atoms with Crippen LogP contribution in [0.2, 0.25) is 0 Å². The summed E-state index contributed by atoms with van der Waals surface area (Å²) in [5, 5.41) is 0. The number of carbonyl (C=O) groups is 1. The standard InChI is InChI=1S/C14H20N2O2/c1-3-10-6-14(17)16(8-10)9-11-7-12(15)4-5-13(11)18-2/h4-5,7,10H,3,6,8-9,15H2,1-2H3. The molecule has 2 N–H and O–H groups in total. The highest BCUT2D eigenvalue weighted by Crippen LogP contribution is 2.27. The van der Waals surface area contributed by atoms with Crippen LogP contribution in [0.3, 0.4) is 0 Å². The molecule has 4 heteroatoms. The van der Waals surface area contributed by atoms with E-state index in [1.165, 1.54) is 0 Å². The van der Waals surface area contributed by atoms with E-state index >= 15 is 0 Å². The monoisotopic (exact) mass is 248 g/mol. The van der Waals surface area contributed by atoms with E-state index in [1.807, 2.05) is 23.1 Å². The fourth-order valence-corrected chi connectivity index (χ4v) is 2.41. The summed E-state index contributed by atoms with van der Waals surface area (Å²) in [7, 11) is 1.63. The summed E-state index contributed by atoms with van der Waals surface area (Å²) >= 11 is 0. The number of nitrogens with zero attached hydrogens (tertiary/aromatic N) is 1. The molecule has 18 heavy (non-hydrogen) atoms. The minimum atomic E-state index is 0.228. The summed E-state index contributed by atoms with van der Waals surface area (Å²) in [6.07, 6.45) is 1.72. The van der Waals surface area contributed by atoms with Gasteiger partial charge >= 0.3 is 0 Å². The van der Waals surface area contributed by atoms with Crippen molar-refractivity contribution in [1.29, 1.82) is 0 Å². The molecule has 1 unspecified atom stereocenters. The lowest BCUT2D eigenvalue weighted by molar-refractivity contribution is -0.128. The van der Waals surface area contributed by atoms with Gasteiger partial charge in [0.1, 0.15) is 5.75 Å². The average Bonchev–Trinajstić information content (AvgIpc) is 2.71. The fraction of sp³-hybridized carbons (Fsp3) is 0.500. The lowest BCUT2D eigenvalue weighted by Crippen LogP contribution is -2.24. The Kier molecular flexibility index (Phi) is 3.75. The van der Waals surface area contributed by atoms with E-state index in [0.29, 0.717) is 24.6 Å². The third-order valence-electron chi connectivity index (χ3n) is 3.54. The van der Waals surface area contributed by atoms with Crippen LogP contribution in [0.25, 0.3) is 0 Å². The van der Waals surface area contributed by atoms with Gasteiger partial charge in [0.25, 0.3) is 0 Å². The Bertz CT molecular complexity index is 445. The van der Waals surface area contributed by atoms with E-state index in [0.717, 1.165) is 24.3 Å². The van der Waals surface area contributed by atoms with Gasteiger partial charge in [-0.1, -0.05) is 13.3 Å². The van der Waals surface area contributed by atoms with E-state index in [1.54, 1.807) is 7.11 Å². The molecule has 1 fully saturated rings. The highest BCUT2D eigenvalue weighted by atomic mass is 16.5. The van der Waals surface area contributed by atoms with Gasteiger partial charge in [-0.05, 0) is 24.1 Å². The summed E-state index contributed by atoms with van der Waals surface area (Å²) in [5.74, 6) is 1.51. The Balaban J connectivity index is 2.14. The molecule has 2 rings (SSSR count). The van der Waals surface area contributed by atoms with Crippen molar-refractivity contribution in [3.05, 3.63) is 23.8 Å². The number of carbonyl (C=O) groups excluding carboxylic acids is 1. The smallest absolute Gasteiger partial charge is 0.223 e. The first-order chi connectivity index (χ1) is 8.63. The van der Waals surface area contributed by atoms with Crippen molar-refractivity contribution in [2.75, 3.05) is 19.4 Å². The first-order valence-electron chi connectivity index (χ1n) is 6.34. The van der Waals surface area contributed by atoms with Crippen molar-refractivity contribution in [2.24, 2.45) is 5.92 Å². The third-order valence-corrected chi connectivity index (χ3v) is 3.54. The maximum atomic E-state index is 11.9. The molecule has 1 saturated heterocycles. The number of hydrogen-bond acceptors (Lipinski definition) is 3. The third kappa shape index (κ3) is 2.58. The predicted molar refractivity (Wildman–Crippen MR) is 71.2 cm³/mol. The Hall–Kier alpha value is -1.71. The molecular formula is C14H20N2O2. The van der Waals surface area contributed by atoms with Gasteiger partial charge in [0.2, 0.25) is 5.91 Å². The average molecular weight is 248 g/mol. The van der Waals surface area contributed by atoms with Crippen molar-refractivity contribution in [1.82, 2.24) is 4.90 Å². The first kappa shape index (κ1) is 12.7. The number of hydrogen-bond donors (Lipinski definition) is 1. The number of ether oxygens (including phenoxy) is 1. The lowest BCUT2D eigenvalue weighted by atomic mass is 10.1. The number of anilines is 1. The van der Waals surface area contributed by atoms with Crippen molar-refractivity contribution < 1.29 is 9.53 Å². The normalized spacial score (nSPS) is 19.3. The first-order valence-corrected chi connectivity index (χ1v) is 6.34. The van der Waals surface area contributed by atoms with Crippen molar-refractivity contribution >= 4 is 11.6 Å². The topological polar surface area (TPSA) is 55.6 Å². The molecule has 1 amide bonds. The summed E-state index contributed by atoms with van der Waals surface area (Å²) in [4.78, 5) is 13.8. The van der Waals surface area contributed by atoms with Crippen molar-refractivity contribution in [3.63, 3.8) is 0 Å². The molecule has 0 saturated carbocycles. The molecule has 98 valence electrons. The molecule has 1 aliphatic heterocycles. The van der Waals surface area contributed by atoms with Crippen LogP contribution in [-0.2, 0) is 11.3 Å². The second kappa shape index (κ2) is 5.29. The predicted octanol–water partition coefficient (Wildman–Crippen LogP) is 2.04. The van der Waals surface area contributed by atoms with Crippen molar-refractivity contribution in [2.45, 2.75) is 26.3 Å². The molecule has 0 aliphatic carbocycles. The fourth-order valence-electron chi connectivity index (χ4n) is 2.41. The van der Waals surface area contributed by atoms with Crippen LogP contribution in [0.1, 0.15) is 25.3 Å². The molecule has 1 heterocycles. The number of likely N-dealkylation sites (tertiary alicyclic amines) is 1. The quantitative estimate of drug-likeness (QED) is 0.829. The van der Waals surface area contributed by atoms with Gasteiger partial charge in [-0.15, -0.1) is 0 Å². The van der Waals surface area contributed by atoms with Gasteiger partial charge in [0, 0.05) is 30.8 Å². The summed E-state index contributed by atoms with van der Waals surface area (Å²) in [5.41, 5.74) is 7.46. The Morgan fingerprint density at radius 1 is 1.50 bits per heavy atom. The van der Waals surface area contributed by atoms with E-state index in [-0.39, 0.29) is 5.91 Å². The second-order valence-electron chi connectivity index (χ2n) is 4.82. The molecule has 0 aromatic heterocycles. The Morgan fingerprint density at radius 3 is 2.89 bits per heavy atom. The molecule has 1 aromatic rings. The van der Waals surface area contributed by atoms with Crippen LogP contribution >= 0.6 is 0 Å². The highest BCUT2D eigenvalue weighted by molar-refractivity contribution is 5.78. The van der Waals surface area contributed by atoms with Crippen LogP contribution in [0, 0.1) is 5.92 Å². The molecule has 0 spiro atoms. The zero-order chi connectivity index (χ0) is 13.1. The SMILES string of the molecule is CCC1CC(=O)N(Cc2cc(N)ccc2OC)C1. The zero-order valence-electron chi connectivity index (χ0n) is 11.0. The summed E-state index contributed by atoms with van der Waals surface area (Å²) < 4.78 is 5.31. The number of benzene rings is 1. The van der Waals surface area contributed by atoms with Crippen LogP contribution in [-0.4, -0.2) is 24.5 Å². The molecular weight excluding hydrogens is 228 g/mol. The van der Waals surface area contributed by atoms with Gasteiger partial charge in [-0.2, -0.15) is 0 Å². The van der Waals surface area contributed by atoms with Gasteiger partial charge in [0.15, 0.2) is 0 Å². The maximum absolute atomic E-state index is 11.9. The number of amides is 1. The van der Waals surface area contributed by atoms with Gasteiger partial charge < -0.3 is 15.4 Å². The molecule has 4 nitrogen and oxygen atoms in total. The summed E-state index contributed by atoms with van der Waals surface area (Å²) in [6.45, 7) is 3.55. The molecule has 1 aliphatic rings.